The molecule has 0 saturated heterocycles. The fraction of sp³-hybridized carbons (Fsp3) is 1.00. The van der Waals surface area contributed by atoms with Crippen LogP contribution in [-0.4, -0.2) is 4.83 Å². The average Bonchev–Trinajstić information content (AvgIpc) is 2.25. The Morgan fingerprint density at radius 1 is 1.07 bits per heavy atom. The molecule has 0 aromatic rings. The molecule has 0 amide bonds. The zero-order valence-corrected chi connectivity index (χ0v) is 11.6. The van der Waals surface area contributed by atoms with Gasteiger partial charge in [0, 0.05) is 4.83 Å². The van der Waals surface area contributed by atoms with Crippen molar-refractivity contribution < 1.29 is 0 Å². The summed E-state index contributed by atoms with van der Waals surface area (Å²) < 4.78 is 0. The van der Waals surface area contributed by atoms with Gasteiger partial charge in [0.15, 0.2) is 0 Å². The highest BCUT2D eigenvalue weighted by atomic mass is 79.9. The molecule has 0 nitrogen and oxygen atoms in total. The van der Waals surface area contributed by atoms with Crippen LogP contribution in [0.5, 0.6) is 0 Å². The molecule has 1 heteroatoms. The van der Waals surface area contributed by atoms with Gasteiger partial charge in [-0.1, -0.05) is 56.0 Å². The summed E-state index contributed by atoms with van der Waals surface area (Å²) >= 11 is 3.87. The minimum atomic E-state index is 0.513. The van der Waals surface area contributed by atoms with Crippen LogP contribution in [0.4, 0.5) is 0 Å². The third-order valence-corrected chi connectivity index (χ3v) is 4.54. The quantitative estimate of drug-likeness (QED) is 0.476. The second-order valence-corrected chi connectivity index (χ2v) is 7.19. The molecule has 14 heavy (non-hydrogen) atoms. The molecule has 0 N–H and O–H groups in total. The van der Waals surface area contributed by atoms with Crippen molar-refractivity contribution in [2.75, 3.05) is 0 Å². The Bertz CT molecular complexity index is 157. The Morgan fingerprint density at radius 2 is 1.71 bits per heavy atom. The third-order valence-electron chi connectivity index (χ3n) is 3.33. The molecular weight excluding hydrogens is 236 g/mol. The molecule has 1 aliphatic rings. The first kappa shape index (κ1) is 12.5. The highest BCUT2D eigenvalue weighted by molar-refractivity contribution is 9.09. The second-order valence-electron chi connectivity index (χ2n) is 6.01. The first-order chi connectivity index (χ1) is 6.49. The van der Waals surface area contributed by atoms with Crippen LogP contribution in [0.2, 0.25) is 0 Å². The van der Waals surface area contributed by atoms with Crippen LogP contribution in [0.15, 0.2) is 0 Å². The summed E-state index contributed by atoms with van der Waals surface area (Å²) in [5.74, 6) is 0.941. The molecule has 0 aliphatic heterocycles. The van der Waals surface area contributed by atoms with E-state index in [-0.39, 0.29) is 0 Å². The fourth-order valence-corrected chi connectivity index (χ4v) is 3.14. The molecule has 0 heterocycles. The van der Waals surface area contributed by atoms with Crippen molar-refractivity contribution >= 4 is 15.9 Å². The molecule has 2 unspecified atom stereocenters. The maximum Gasteiger partial charge on any atom is 0.0174 e. The lowest BCUT2D eigenvalue weighted by molar-refractivity contribution is 0.311. The van der Waals surface area contributed by atoms with E-state index < -0.39 is 0 Å². The Balaban J connectivity index is 2.33. The minimum Gasteiger partial charge on any atom is -0.0888 e. The van der Waals surface area contributed by atoms with E-state index in [1.54, 1.807) is 0 Å². The highest BCUT2D eigenvalue weighted by Gasteiger charge is 2.22. The molecule has 0 spiro atoms. The fourth-order valence-electron chi connectivity index (χ4n) is 2.28. The van der Waals surface area contributed by atoms with Gasteiger partial charge < -0.3 is 0 Å². The van der Waals surface area contributed by atoms with E-state index >= 15 is 0 Å². The van der Waals surface area contributed by atoms with Gasteiger partial charge in [-0.15, -0.1) is 0 Å². The van der Waals surface area contributed by atoms with Crippen molar-refractivity contribution in [2.45, 2.75) is 70.5 Å². The first-order valence-electron chi connectivity index (χ1n) is 6.13. The number of hydrogen-bond donors (Lipinski definition) is 0. The molecular formula is C13H25Br. The lowest BCUT2D eigenvalue weighted by atomic mass is 9.84. The van der Waals surface area contributed by atoms with E-state index in [0.29, 0.717) is 5.41 Å². The summed E-state index contributed by atoms with van der Waals surface area (Å²) in [4.78, 5) is 0.798. The number of hydrogen-bond acceptors (Lipinski definition) is 0. The molecule has 0 aromatic heterocycles. The zero-order valence-electron chi connectivity index (χ0n) is 9.98. The standard InChI is InChI=1S/C13H25Br/c1-13(2,3)10-9-11-7-5-4-6-8-12(11)14/h11-12H,4-10H2,1-3H3. The summed E-state index contributed by atoms with van der Waals surface area (Å²) in [7, 11) is 0. The minimum absolute atomic E-state index is 0.513. The largest absolute Gasteiger partial charge is 0.0888 e. The van der Waals surface area contributed by atoms with E-state index in [9.17, 15) is 0 Å². The summed E-state index contributed by atoms with van der Waals surface area (Å²) in [6.07, 6.45) is 9.98. The Morgan fingerprint density at radius 3 is 2.36 bits per heavy atom. The van der Waals surface area contributed by atoms with E-state index in [0.717, 1.165) is 10.7 Å². The van der Waals surface area contributed by atoms with Gasteiger partial charge in [0.1, 0.15) is 0 Å². The molecule has 0 bridgehead atoms. The molecule has 1 aliphatic carbocycles. The van der Waals surface area contributed by atoms with Crippen LogP contribution < -0.4 is 0 Å². The van der Waals surface area contributed by atoms with Gasteiger partial charge in [0.05, 0.1) is 0 Å². The van der Waals surface area contributed by atoms with Crippen molar-refractivity contribution in [1.82, 2.24) is 0 Å². The van der Waals surface area contributed by atoms with E-state index in [2.05, 4.69) is 36.7 Å². The van der Waals surface area contributed by atoms with Crippen molar-refractivity contribution in [1.29, 1.82) is 0 Å². The summed E-state index contributed by atoms with van der Waals surface area (Å²) in [6.45, 7) is 7.06. The third kappa shape index (κ3) is 4.82. The van der Waals surface area contributed by atoms with Gasteiger partial charge >= 0.3 is 0 Å². The van der Waals surface area contributed by atoms with Crippen LogP contribution in [0.3, 0.4) is 0 Å². The predicted molar refractivity (Wildman–Crippen MR) is 68.0 cm³/mol. The number of alkyl halides is 1. The van der Waals surface area contributed by atoms with Crippen molar-refractivity contribution in [3.05, 3.63) is 0 Å². The van der Waals surface area contributed by atoms with Crippen LogP contribution in [0.1, 0.15) is 65.7 Å². The maximum absolute atomic E-state index is 3.87. The smallest absolute Gasteiger partial charge is 0.0174 e. The lowest BCUT2D eigenvalue weighted by Crippen LogP contribution is -2.16. The zero-order chi connectivity index (χ0) is 10.6. The number of halogens is 1. The van der Waals surface area contributed by atoms with Gasteiger partial charge in [-0.05, 0) is 37.0 Å². The molecule has 1 fully saturated rings. The SMILES string of the molecule is CC(C)(C)CCC1CCCCCC1Br. The highest BCUT2D eigenvalue weighted by Crippen LogP contribution is 2.34. The summed E-state index contributed by atoms with van der Waals surface area (Å²) in [5, 5.41) is 0. The van der Waals surface area contributed by atoms with Gasteiger partial charge in [0.2, 0.25) is 0 Å². The molecule has 0 radical (unpaired) electrons. The van der Waals surface area contributed by atoms with Crippen LogP contribution >= 0.6 is 15.9 Å². The Hall–Kier alpha value is 0.480. The molecule has 84 valence electrons. The van der Waals surface area contributed by atoms with Crippen LogP contribution in [-0.2, 0) is 0 Å². The Labute approximate surface area is 98.0 Å². The molecule has 2 atom stereocenters. The van der Waals surface area contributed by atoms with Gasteiger partial charge in [-0.2, -0.15) is 0 Å². The van der Waals surface area contributed by atoms with E-state index in [1.807, 2.05) is 0 Å². The normalized spacial score (nSPS) is 30.0. The predicted octanol–water partition coefficient (Wildman–Crippen LogP) is 5.16. The lowest BCUT2D eigenvalue weighted by Gasteiger charge is -2.25. The van der Waals surface area contributed by atoms with Crippen LogP contribution in [0.25, 0.3) is 0 Å². The van der Waals surface area contributed by atoms with Crippen molar-refractivity contribution in [3.8, 4) is 0 Å². The van der Waals surface area contributed by atoms with Gasteiger partial charge in [0.25, 0.3) is 0 Å². The van der Waals surface area contributed by atoms with Crippen molar-refractivity contribution in [3.63, 3.8) is 0 Å². The number of rotatable bonds is 2. The van der Waals surface area contributed by atoms with Gasteiger partial charge in [-0.25, -0.2) is 0 Å². The molecule has 0 aromatic carbocycles. The first-order valence-corrected chi connectivity index (χ1v) is 7.05. The summed E-state index contributed by atoms with van der Waals surface area (Å²) in [6, 6.07) is 0. The topological polar surface area (TPSA) is 0 Å². The Kier molecular flexibility index (Phi) is 4.96. The van der Waals surface area contributed by atoms with Crippen LogP contribution in [0, 0.1) is 11.3 Å². The maximum atomic E-state index is 3.87. The molecule has 1 rings (SSSR count). The average molecular weight is 261 g/mol. The molecule has 1 saturated carbocycles. The second kappa shape index (κ2) is 5.53. The monoisotopic (exact) mass is 260 g/mol. The summed E-state index contributed by atoms with van der Waals surface area (Å²) in [5.41, 5.74) is 0.513. The van der Waals surface area contributed by atoms with Gasteiger partial charge in [-0.3, -0.25) is 0 Å². The van der Waals surface area contributed by atoms with E-state index in [4.69, 9.17) is 0 Å². The van der Waals surface area contributed by atoms with Crippen molar-refractivity contribution in [2.24, 2.45) is 11.3 Å². The van der Waals surface area contributed by atoms with E-state index in [1.165, 1.54) is 44.9 Å².